The van der Waals surface area contributed by atoms with Gasteiger partial charge in [0.25, 0.3) is 0 Å². The van der Waals surface area contributed by atoms with Crippen molar-refractivity contribution in [2.75, 3.05) is 34.0 Å². The molecule has 0 saturated carbocycles. The average Bonchev–Trinajstić information content (AvgIpc) is 2.75. The van der Waals surface area contributed by atoms with Crippen LogP contribution in [0.2, 0.25) is 0 Å². The van der Waals surface area contributed by atoms with Gasteiger partial charge in [0.1, 0.15) is 12.6 Å². The van der Waals surface area contributed by atoms with Crippen LogP contribution in [-0.4, -0.2) is 56.7 Å². The number of methoxy groups -OCH3 is 2. The molecule has 29 heavy (non-hydrogen) atoms. The molecule has 7 heteroatoms. The van der Waals surface area contributed by atoms with Crippen LogP contribution in [0, 0.1) is 0 Å². The lowest BCUT2D eigenvalue weighted by molar-refractivity contribution is -0.155. The Labute approximate surface area is 170 Å². The molecule has 0 unspecified atom stereocenters. The van der Waals surface area contributed by atoms with E-state index < -0.39 is 6.04 Å². The third kappa shape index (κ3) is 5.26. The minimum Gasteiger partial charge on any atom is -0.493 e. The Morgan fingerprint density at radius 2 is 1.86 bits per heavy atom. The number of benzene rings is 2. The summed E-state index contributed by atoms with van der Waals surface area (Å²) >= 11 is 0. The van der Waals surface area contributed by atoms with Crippen LogP contribution in [0.5, 0.6) is 11.5 Å². The van der Waals surface area contributed by atoms with E-state index in [2.05, 4.69) is 5.32 Å². The SMILES string of the molecule is COc1ccc(CCNC(=O)[C@@H]2COCC(=O)N2Cc2ccccc2)cc1OC. The third-order valence-corrected chi connectivity index (χ3v) is 4.86. The van der Waals surface area contributed by atoms with E-state index in [4.69, 9.17) is 14.2 Å². The predicted octanol–water partition coefficient (Wildman–Crippen LogP) is 1.79. The van der Waals surface area contributed by atoms with Crippen molar-refractivity contribution < 1.29 is 23.8 Å². The molecule has 0 bridgehead atoms. The van der Waals surface area contributed by atoms with Crippen LogP contribution in [0.1, 0.15) is 11.1 Å². The molecule has 0 spiro atoms. The van der Waals surface area contributed by atoms with Crippen molar-refractivity contribution in [2.24, 2.45) is 0 Å². The Morgan fingerprint density at radius 3 is 2.59 bits per heavy atom. The number of nitrogens with one attached hydrogen (secondary N) is 1. The highest BCUT2D eigenvalue weighted by atomic mass is 16.5. The summed E-state index contributed by atoms with van der Waals surface area (Å²) < 4.78 is 15.9. The minimum absolute atomic E-state index is 0.00224. The summed E-state index contributed by atoms with van der Waals surface area (Å²) in [6.45, 7) is 1.03. The lowest BCUT2D eigenvalue weighted by atomic mass is 10.1. The van der Waals surface area contributed by atoms with Gasteiger partial charge in [0.2, 0.25) is 11.8 Å². The van der Waals surface area contributed by atoms with E-state index in [9.17, 15) is 9.59 Å². The van der Waals surface area contributed by atoms with Gasteiger partial charge >= 0.3 is 0 Å². The number of carbonyl (C=O) groups excluding carboxylic acids is 2. The van der Waals surface area contributed by atoms with Crippen molar-refractivity contribution in [3.63, 3.8) is 0 Å². The van der Waals surface area contributed by atoms with Crippen LogP contribution in [-0.2, 0) is 27.3 Å². The molecule has 1 aliphatic rings. The molecule has 0 radical (unpaired) electrons. The Hall–Kier alpha value is -3.06. The summed E-state index contributed by atoms with van der Waals surface area (Å²) in [4.78, 5) is 26.7. The van der Waals surface area contributed by atoms with E-state index in [-0.39, 0.29) is 25.0 Å². The summed E-state index contributed by atoms with van der Waals surface area (Å²) in [6, 6.07) is 14.7. The molecule has 1 saturated heterocycles. The number of amides is 2. The Kier molecular flexibility index (Phi) is 7.08. The zero-order valence-corrected chi connectivity index (χ0v) is 16.7. The number of ether oxygens (including phenoxy) is 3. The smallest absolute Gasteiger partial charge is 0.249 e. The fourth-order valence-corrected chi connectivity index (χ4v) is 3.28. The molecule has 3 rings (SSSR count). The molecule has 0 aromatic heterocycles. The highest BCUT2D eigenvalue weighted by Crippen LogP contribution is 2.27. The quantitative estimate of drug-likeness (QED) is 0.734. The average molecular weight is 398 g/mol. The van der Waals surface area contributed by atoms with E-state index in [1.165, 1.54) is 0 Å². The Balaban J connectivity index is 1.59. The van der Waals surface area contributed by atoms with Gasteiger partial charge in [0.05, 0.1) is 20.8 Å². The number of nitrogens with zero attached hydrogens (tertiary/aromatic N) is 1. The molecule has 0 aliphatic carbocycles. The summed E-state index contributed by atoms with van der Waals surface area (Å²) in [5, 5.41) is 2.92. The van der Waals surface area contributed by atoms with Gasteiger partial charge in [-0.3, -0.25) is 9.59 Å². The fraction of sp³-hybridized carbons (Fsp3) is 0.364. The number of hydrogen-bond acceptors (Lipinski definition) is 5. The van der Waals surface area contributed by atoms with Crippen LogP contribution in [0.4, 0.5) is 0 Å². The zero-order valence-electron chi connectivity index (χ0n) is 16.7. The molecule has 1 fully saturated rings. The maximum atomic E-state index is 12.7. The lowest BCUT2D eigenvalue weighted by Crippen LogP contribution is -2.56. The Morgan fingerprint density at radius 1 is 1.10 bits per heavy atom. The third-order valence-electron chi connectivity index (χ3n) is 4.86. The first-order valence-corrected chi connectivity index (χ1v) is 9.52. The summed E-state index contributed by atoms with van der Waals surface area (Å²) in [6.07, 6.45) is 0.631. The topological polar surface area (TPSA) is 77.1 Å². The number of rotatable bonds is 8. The van der Waals surface area contributed by atoms with Gasteiger partial charge in [-0.25, -0.2) is 0 Å². The van der Waals surface area contributed by atoms with Gasteiger partial charge in [0, 0.05) is 13.1 Å². The van der Waals surface area contributed by atoms with Gasteiger partial charge in [-0.05, 0) is 29.7 Å². The molecule has 7 nitrogen and oxygen atoms in total. The first kappa shape index (κ1) is 20.7. The zero-order chi connectivity index (χ0) is 20.6. The number of morpholine rings is 1. The molecule has 1 aliphatic heterocycles. The van der Waals surface area contributed by atoms with E-state index in [0.29, 0.717) is 31.0 Å². The molecule has 2 amide bonds. The van der Waals surface area contributed by atoms with E-state index >= 15 is 0 Å². The highest BCUT2D eigenvalue weighted by Gasteiger charge is 2.33. The van der Waals surface area contributed by atoms with Crippen molar-refractivity contribution in [3.05, 3.63) is 59.7 Å². The van der Waals surface area contributed by atoms with E-state index in [1.807, 2.05) is 48.5 Å². The van der Waals surface area contributed by atoms with Gasteiger partial charge in [0.15, 0.2) is 11.5 Å². The van der Waals surface area contributed by atoms with Crippen LogP contribution in [0.15, 0.2) is 48.5 Å². The second-order valence-corrected chi connectivity index (χ2v) is 6.77. The second-order valence-electron chi connectivity index (χ2n) is 6.77. The molecular weight excluding hydrogens is 372 g/mol. The minimum atomic E-state index is -0.637. The van der Waals surface area contributed by atoms with E-state index in [1.54, 1.807) is 19.1 Å². The molecule has 1 N–H and O–H groups in total. The Bertz CT molecular complexity index is 840. The lowest BCUT2D eigenvalue weighted by Gasteiger charge is -2.34. The van der Waals surface area contributed by atoms with Crippen LogP contribution >= 0.6 is 0 Å². The van der Waals surface area contributed by atoms with Gasteiger partial charge < -0.3 is 24.4 Å². The highest BCUT2D eigenvalue weighted by molar-refractivity contribution is 5.89. The van der Waals surface area contributed by atoms with Crippen molar-refractivity contribution in [1.82, 2.24) is 10.2 Å². The standard InChI is InChI=1S/C22H26N2O5/c1-27-19-9-8-16(12-20(19)28-2)10-11-23-22(26)18-14-29-15-21(25)24(18)13-17-6-4-3-5-7-17/h3-9,12,18H,10-11,13-15H2,1-2H3,(H,23,26)/t18-/m0/s1. The molecule has 154 valence electrons. The molecule has 1 heterocycles. The largest absolute Gasteiger partial charge is 0.493 e. The first-order valence-electron chi connectivity index (χ1n) is 9.52. The van der Waals surface area contributed by atoms with Crippen molar-refractivity contribution in [1.29, 1.82) is 0 Å². The molecule has 2 aromatic carbocycles. The monoisotopic (exact) mass is 398 g/mol. The van der Waals surface area contributed by atoms with Crippen molar-refractivity contribution >= 4 is 11.8 Å². The maximum Gasteiger partial charge on any atom is 0.249 e. The maximum absolute atomic E-state index is 12.7. The van der Waals surface area contributed by atoms with Crippen LogP contribution < -0.4 is 14.8 Å². The molecular formula is C22H26N2O5. The fourth-order valence-electron chi connectivity index (χ4n) is 3.28. The van der Waals surface area contributed by atoms with Crippen molar-refractivity contribution in [3.8, 4) is 11.5 Å². The summed E-state index contributed by atoms with van der Waals surface area (Å²) in [5.74, 6) is 0.918. The second kappa shape index (κ2) is 9.93. The van der Waals surface area contributed by atoms with Crippen LogP contribution in [0.25, 0.3) is 0 Å². The van der Waals surface area contributed by atoms with Gasteiger partial charge in [-0.15, -0.1) is 0 Å². The number of hydrogen-bond donors (Lipinski definition) is 1. The number of carbonyl (C=O) groups is 2. The van der Waals surface area contributed by atoms with Crippen molar-refractivity contribution in [2.45, 2.75) is 19.0 Å². The van der Waals surface area contributed by atoms with E-state index in [0.717, 1.165) is 11.1 Å². The predicted molar refractivity (Wildman–Crippen MR) is 108 cm³/mol. The van der Waals surface area contributed by atoms with Gasteiger partial charge in [-0.1, -0.05) is 36.4 Å². The molecule has 1 atom stereocenters. The summed E-state index contributed by atoms with van der Waals surface area (Å²) in [5.41, 5.74) is 1.99. The van der Waals surface area contributed by atoms with Gasteiger partial charge in [-0.2, -0.15) is 0 Å². The molecule has 2 aromatic rings. The van der Waals surface area contributed by atoms with Crippen LogP contribution in [0.3, 0.4) is 0 Å². The summed E-state index contributed by atoms with van der Waals surface area (Å²) in [7, 11) is 3.18. The normalized spacial score (nSPS) is 16.4. The first-order chi connectivity index (χ1) is 14.1.